The molecule has 2 aromatic carbocycles. The maximum absolute atomic E-state index is 13.5. The summed E-state index contributed by atoms with van der Waals surface area (Å²) in [5.41, 5.74) is 2.12. The molecule has 0 aliphatic carbocycles. The van der Waals surface area contributed by atoms with E-state index in [4.69, 9.17) is 4.74 Å². The molecule has 1 N–H and O–H groups in total. The van der Waals surface area contributed by atoms with Crippen LogP contribution in [0.4, 0.5) is 14.6 Å². The molecule has 0 amide bonds. The largest absolute Gasteiger partial charge is 0.496 e. The molecule has 0 saturated heterocycles. The van der Waals surface area contributed by atoms with E-state index in [1.54, 1.807) is 24.3 Å². The van der Waals surface area contributed by atoms with Gasteiger partial charge in [-0.3, -0.25) is 9.55 Å². The summed E-state index contributed by atoms with van der Waals surface area (Å²) in [7, 11) is 1.46. The van der Waals surface area contributed by atoms with Gasteiger partial charge in [0.1, 0.15) is 17.4 Å². The van der Waals surface area contributed by atoms with Gasteiger partial charge in [-0.2, -0.15) is 0 Å². The fourth-order valence-electron chi connectivity index (χ4n) is 2.99. The highest BCUT2D eigenvalue weighted by molar-refractivity contribution is 5.84. The highest BCUT2D eigenvalue weighted by Gasteiger charge is 2.14. The number of ether oxygens (including phenoxy) is 1. The van der Waals surface area contributed by atoms with E-state index in [-0.39, 0.29) is 12.4 Å². The quantitative estimate of drug-likeness (QED) is 0.641. The van der Waals surface area contributed by atoms with Gasteiger partial charge in [-0.25, -0.2) is 18.6 Å². The fraction of sp³-hybridized carbons (Fsp3) is 0.143. The molecule has 0 saturated carbocycles. The van der Waals surface area contributed by atoms with Crippen molar-refractivity contribution in [2.24, 2.45) is 4.99 Å². The van der Waals surface area contributed by atoms with Crippen LogP contribution in [0.2, 0.25) is 0 Å². The number of aromatic amines is 1. The van der Waals surface area contributed by atoms with E-state index >= 15 is 0 Å². The second kappa shape index (κ2) is 8.04. The van der Waals surface area contributed by atoms with Crippen LogP contribution in [0.15, 0.2) is 52.3 Å². The van der Waals surface area contributed by atoms with Crippen molar-refractivity contribution in [2.45, 2.75) is 13.5 Å². The van der Waals surface area contributed by atoms with Gasteiger partial charge in [-0.05, 0) is 55.1 Å². The zero-order valence-electron chi connectivity index (χ0n) is 15.5. The third-order valence-corrected chi connectivity index (χ3v) is 4.33. The Balaban J connectivity index is 2.09. The normalized spacial score (nSPS) is 11.5. The molecule has 144 valence electrons. The van der Waals surface area contributed by atoms with Crippen molar-refractivity contribution in [3.8, 4) is 5.75 Å². The van der Waals surface area contributed by atoms with E-state index in [0.717, 1.165) is 5.57 Å². The van der Waals surface area contributed by atoms with E-state index in [1.807, 2.05) is 6.92 Å². The van der Waals surface area contributed by atoms with Gasteiger partial charge < -0.3 is 4.74 Å². The molecule has 0 fully saturated rings. The molecular weight excluding hydrogens is 364 g/mol. The summed E-state index contributed by atoms with van der Waals surface area (Å²) in [5.74, 6) is -0.128. The number of aliphatic imine (C=N–C) groups is 1. The van der Waals surface area contributed by atoms with Crippen LogP contribution in [0.1, 0.15) is 23.7 Å². The summed E-state index contributed by atoms with van der Waals surface area (Å²) in [6, 6.07) is 10.2. The number of aromatic nitrogens is 2. The average Bonchev–Trinajstić information content (AvgIpc) is 2.96. The summed E-state index contributed by atoms with van der Waals surface area (Å²) in [6.45, 7) is 5.46. The van der Waals surface area contributed by atoms with Crippen LogP contribution in [-0.2, 0) is 6.54 Å². The lowest BCUT2D eigenvalue weighted by Gasteiger charge is -2.10. The molecule has 1 aromatic heterocycles. The number of methoxy groups -OCH3 is 1. The van der Waals surface area contributed by atoms with Gasteiger partial charge in [-0.15, -0.1) is 0 Å². The fourth-order valence-corrected chi connectivity index (χ4v) is 2.99. The standard InChI is InChI=1S/C21H19F2N3O2/c1-13(17-8-7-16(23)11-19(17)28-3)9-18-20(24-2)25-21(27)26(18)12-14-5-4-6-15(22)10-14/h4-11H,2,12H2,1,3H3,(H,25,27)/b13-9+. The molecule has 0 aliphatic heterocycles. The molecule has 5 nitrogen and oxygen atoms in total. The van der Waals surface area contributed by atoms with Gasteiger partial charge in [0.2, 0.25) is 0 Å². The molecule has 0 spiro atoms. The summed E-state index contributed by atoms with van der Waals surface area (Å²) >= 11 is 0. The predicted molar refractivity (Wildman–Crippen MR) is 106 cm³/mol. The molecule has 1 heterocycles. The smallest absolute Gasteiger partial charge is 0.327 e. The number of halogens is 2. The van der Waals surface area contributed by atoms with Gasteiger partial charge in [0.25, 0.3) is 0 Å². The molecule has 0 radical (unpaired) electrons. The molecule has 0 atom stereocenters. The molecule has 0 bridgehead atoms. The first-order valence-electron chi connectivity index (χ1n) is 8.49. The third kappa shape index (κ3) is 3.93. The van der Waals surface area contributed by atoms with E-state index < -0.39 is 11.5 Å². The first-order valence-corrected chi connectivity index (χ1v) is 8.49. The molecular formula is C21H19F2N3O2. The minimum Gasteiger partial charge on any atom is -0.496 e. The maximum Gasteiger partial charge on any atom is 0.327 e. The van der Waals surface area contributed by atoms with Crippen LogP contribution >= 0.6 is 0 Å². The topological polar surface area (TPSA) is 59.4 Å². The van der Waals surface area contributed by atoms with Gasteiger partial charge in [0, 0.05) is 11.6 Å². The Morgan fingerprint density at radius 2 is 2.00 bits per heavy atom. The number of nitrogens with one attached hydrogen (secondary N) is 1. The van der Waals surface area contributed by atoms with Crippen molar-refractivity contribution in [3.63, 3.8) is 0 Å². The van der Waals surface area contributed by atoms with Crippen molar-refractivity contribution >= 4 is 24.2 Å². The van der Waals surface area contributed by atoms with E-state index in [1.165, 1.54) is 35.9 Å². The first kappa shape index (κ1) is 19.3. The van der Waals surface area contributed by atoms with Crippen LogP contribution in [0.3, 0.4) is 0 Å². The number of nitrogens with zero attached hydrogens (tertiary/aromatic N) is 2. The van der Waals surface area contributed by atoms with Crippen LogP contribution in [0, 0.1) is 11.6 Å². The van der Waals surface area contributed by atoms with Gasteiger partial charge >= 0.3 is 5.69 Å². The SMILES string of the molecule is C=Nc1[nH]c(=O)n(Cc2cccc(F)c2)c1/C=C(\C)c1ccc(F)cc1OC. The van der Waals surface area contributed by atoms with Gasteiger partial charge in [-0.1, -0.05) is 12.1 Å². The van der Waals surface area contributed by atoms with E-state index in [9.17, 15) is 13.6 Å². The summed E-state index contributed by atoms with van der Waals surface area (Å²) in [6.07, 6.45) is 1.73. The van der Waals surface area contributed by atoms with Crippen molar-refractivity contribution in [2.75, 3.05) is 7.11 Å². The molecule has 3 aromatic rings. The monoisotopic (exact) mass is 383 g/mol. The van der Waals surface area contributed by atoms with Crippen molar-refractivity contribution < 1.29 is 13.5 Å². The molecule has 3 rings (SSSR count). The first-order chi connectivity index (χ1) is 13.4. The lowest BCUT2D eigenvalue weighted by Crippen LogP contribution is -2.18. The molecule has 28 heavy (non-hydrogen) atoms. The Bertz CT molecular complexity index is 1110. The third-order valence-electron chi connectivity index (χ3n) is 4.33. The highest BCUT2D eigenvalue weighted by atomic mass is 19.1. The average molecular weight is 383 g/mol. The van der Waals surface area contributed by atoms with Gasteiger partial charge in [0.05, 0.1) is 19.3 Å². The highest BCUT2D eigenvalue weighted by Crippen LogP contribution is 2.29. The van der Waals surface area contributed by atoms with Crippen LogP contribution in [-0.4, -0.2) is 23.4 Å². The number of H-pyrrole nitrogens is 1. The predicted octanol–water partition coefficient (Wildman–Crippen LogP) is 4.40. The maximum atomic E-state index is 13.5. The number of allylic oxidation sites excluding steroid dienone is 1. The van der Waals surface area contributed by atoms with Crippen molar-refractivity contribution in [1.82, 2.24) is 9.55 Å². The zero-order chi connectivity index (χ0) is 20.3. The Labute approximate surface area is 160 Å². The number of rotatable bonds is 6. The lowest BCUT2D eigenvalue weighted by molar-refractivity contribution is 0.410. The van der Waals surface area contributed by atoms with Crippen LogP contribution < -0.4 is 10.4 Å². The minimum absolute atomic E-state index is 0.155. The summed E-state index contributed by atoms with van der Waals surface area (Å²) < 4.78 is 33.7. The zero-order valence-corrected chi connectivity index (χ0v) is 15.5. The summed E-state index contributed by atoms with van der Waals surface area (Å²) in [5, 5.41) is 0. The number of hydrogen-bond donors (Lipinski definition) is 1. The second-order valence-electron chi connectivity index (χ2n) is 6.21. The Morgan fingerprint density at radius 1 is 1.25 bits per heavy atom. The van der Waals surface area contributed by atoms with Gasteiger partial charge in [0.15, 0.2) is 5.82 Å². The molecule has 7 heteroatoms. The Morgan fingerprint density at radius 3 is 2.68 bits per heavy atom. The number of imidazole rings is 1. The van der Waals surface area contributed by atoms with Crippen LogP contribution in [0.5, 0.6) is 5.75 Å². The number of hydrogen-bond acceptors (Lipinski definition) is 3. The van der Waals surface area contributed by atoms with E-state index in [0.29, 0.717) is 28.4 Å². The number of benzene rings is 2. The minimum atomic E-state index is -0.411. The Kier molecular flexibility index (Phi) is 5.54. The van der Waals surface area contributed by atoms with Crippen LogP contribution in [0.25, 0.3) is 11.6 Å². The second-order valence-corrected chi connectivity index (χ2v) is 6.21. The molecule has 0 aliphatic rings. The summed E-state index contributed by atoms with van der Waals surface area (Å²) in [4.78, 5) is 18.9. The molecule has 0 unspecified atom stereocenters. The van der Waals surface area contributed by atoms with E-state index in [2.05, 4.69) is 16.7 Å². The Hall–Kier alpha value is -3.48. The van der Waals surface area contributed by atoms with Crippen molar-refractivity contribution in [1.29, 1.82) is 0 Å². The lowest BCUT2D eigenvalue weighted by atomic mass is 10.0. The van der Waals surface area contributed by atoms with Crippen molar-refractivity contribution in [3.05, 3.63) is 81.4 Å².